The zero-order valence-corrected chi connectivity index (χ0v) is 6.69. The lowest BCUT2D eigenvalue weighted by molar-refractivity contribution is -0.0427. The summed E-state index contributed by atoms with van der Waals surface area (Å²) < 4.78 is 57.3. The van der Waals surface area contributed by atoms with Crippen LogP contribution in [0, 0.1) is 0 Å². The average Bonchev–Trinajstić information content (AvgIpc) is 1.85. The monoisotopic (exact) mass is 206 g/mol. The number of alkyl halides is 3. The van der Waals surface area contributed by atoms with Crippen molar-refractivity contribution in [3.05, 3.63) is 4.72 Å². The SMILES string of the molecule is O=S(=O)([N-]CCCO)C(F)(F)F. The quantitative estimate of drug-likeness (QED) is 0.684. The van der Waals surface area contributed by atoms with E-state index in [0.717, 1.165) is 0 Å². The fourth-order valence-corrected chi connectivity index (χ4v) is 0.844. The van der Waals surface area contributed by atoms with Gasteiger partial charge in [0.15, 0.2) is 10.0 Å². The summed E-state index contributed by atoms with van der Waals surface area (Å²) in [4.78, 5) is 0. The number of hydrogen-bond donors (Lipinski definition) is 1. The summed E-state index contributed by atoms with van der Waals surface area (Å²) >= 11 is 0. The van der Waals surface area contributed by atoms with E-state index in [-0.39, 0.29) is 6.42 Å². The molecule has 0 amide bonds. The lowest BCUT2D eigenvalue weighted by Gasteiger charge is -2.20. The molecule has 0 rings (SSSR count). The maximum Gasteiger partial charge on any atom is 0.480 e. The van der Waals surface area contributed by atoms with Crippen molar-refractivity contribution in [3.8, 4) is 0 Å². The Morgan fingerprint density at radius 2 is 1.83 bits per heavy atom. The molecule has 0 atom stereocenters. The Morgan fingerprint density at radius 1 is 1.33 bits per heavy atom. The first-order chi connectivity index (χ1) is 5.31. The molecule has 0 unspecified atom stereocenters. The number of aliphatic hydroxyl groups is 1. The predicted molar refractivity (Wildman–Crippen MR) is 34.9 cm³/mol. The van der Waals surface area contributed by atoms with Crippen molar-refractivity contribution in [2.75, 3.05) is 13.2 Å². The third-order valence-corrected chi connectivity index (χ3v) is 1.98. The highest BCUT2D eigenvalue weighted by atomic mass is 32.2. The summed E-state index contributed by atoms with van der Waals surface area (Å²) in [6, 6.07) is 0. The van der Waals surface area contributed by atoms with Gasteiger partial charge in [-0.25, -0.2) is 8.42 Å². The molecule has 0 fully saturated rings. The molecular formula is C4H7F3NO3S-. The lowest BCUT2D eigenvalue weighted by Crippen LogP contribution is -2.22. The fourth-order valence-electron chi connectivity index (χ4n) is 0.329. The minimum atomic E-state index is -5.36. The van der Waals surface area contributed by atoms with E-state index in [9.17, 15) is 21.6 Å². The van der Waals surface area contributed by atoms with Crippen LogP contribution in [0.3, 0.4) is 0 Å². The van der Waals surface area contributed by atoms with E-state index in [4.69, 9.17) is 5.11 Å². The van der Waals surface area contributed by atoms with Gasteiger partial charge in [-0.15, -0.1) is 6.54 Å². The van der Waals surface area contributed by atoms with E-state index in [2.05, 4.69) is 4.72 Å². The van der Waals surface area contributed by atoms with Crippen molar-refractivity contribution in [1.29, 1.82) is 0 Å². The van der Waals surface area contributed by atoms with Crippen molar-refractivity contribution < 1.29 is 26.7 Å². The highest BCUT2D eigenvalue weighted by molar-refractivity contribution is 7.94. The normalized spacial score (nSPS) is 13.3. The molecule has 8 heteroatoms. The average molecular weight is 206 g/mol. The van der Waals surface area contributed by atoms with Gasteiger partial charge in [-0.1, -0.05) is 0 Å². The van der Waals surface area contributed by atoms with Gasteiger partial charge in [0, 0.05) is 6.61 Å². The minimum Gasteiger partial charge on any atom is -0.541 e. The van der Waals surface area contributed by atoms with Gasteiger partial charge in [-0.3, -0.25) is 0 Å². The van der Waals surface area contributed by atoms with Gasteiger partial charge in [0.25, 0.3) is 0 Å². The lowest BCUT2D eigenvalue weighted by atomic mass is 10.5. The Bertz CT molecular complexity index is 222. The molecule has 0 spiro atoms. The Morgan fingerprint density at radius 3 is 2.17 bits per heavy atom. The summed E-state index contributed by atoms with van der Waals surface area (Å²) in [5, 5.41) is 8.13. The highest BCUT2D eigenvalue weighted by Crippen LogP contribution is 2.27. The summed E-state index contributed by atoms with van der Waals surface area (Å²) in [5.41, 5.74) is -5.33. The standard InChI is InChI=1S/C4H7F3NO3S/c5-4(6,7)12(10,11)8-2-1-3-9/h9H,1-3H2/q-1. The molecule has 0 aromatic heterocycles. The second-order valence-corrected chi connectivity index (χ2v) is 3.52. The van der Waals surface area contributed by atoms with Crippen LogP contribution in [0.4, 0.5) is 13.2 Å². The molecule has 12 heavy (non-hydrogen) atoms. The third kappa shape index (κ3) is 3.37. The molecular weight excluding hydrogens is 199 g/mol. The van der Waals surface area contributed by atoms with E-state index >= 15 is 0 Å². The van der Waals surface area contributed by atoms with Crippen molar-refractivity contribution in [3.63, 3.8) is 0 Å². The first kappa shape index (κ1) is 11.7. The maximum absolute atomic E-state index is 11.5. The molecule has 0 aliphatic carbocycles. The van der Waals surface area contributed by atoms with Gasteiger partial charge in [-0.05, 0) is 6.42 Å². The number of nitrogens with zero attached hydrogens (tertiary/aromatic N) is 1. The smallest absolute Gasteiger partial charge is 0.480 e. The van der Waals surface area contributed by atoms with Crippen molar-refractivity contribution in [2.24, 2.45) is 0 Å². The summed E-state index contributed by atoms with van der Waals surface area (Å²) in [5.74, 6) is 0. The molecule has 0 aliphatic rings. The number of sulfonamides is 1. The third-order valence-electron chi connectivity index (χ3n) is 0.870. The van der Waals surface area contributed by atoms with Gasteiger partial charge in [0.05, 0.1) is 0 Å². The van der Waals surface area contributed by atoms with Crippen LogP contribution in [0.5, 0.6) is 0 Å². The minimum absolute atomic E-state index is 0.102. The molecule has 0 heterocycles. The Balaban J connectivity index is 4.08. The number of rotatable bonds is 4. The fraction of sp³-hybridized carbons (Fsp3) is 1.00. The molecule has 0 radical (unpaired) electrons. The second-order valence-electron chi connectivity index (χ2n) is 1.85. The van der Waals surface area contributed by atoms with Gasteiger partial charge < -0.3 is 9.83 Å². The van der Waals surface area contributed by atoms with Crippen molar-refractivity contribution >= 4 is 10.0 Å². The first-order valence-electron chi connectivity index (χ1n) is 2.92. The van der Waals surface area contributed by atoms with Crippen LogP contribution in [0.25, 0.3) is 4.72 Å². The maximum atomic E-state index is 11.5. The van der Waals surface area contributed by atoms with E-state index < -0.39 is 28.7 Å². The molecule has 4 nitrogen and oxygen atoms in total. The van der Waals surface area contributed by atoms with Gasteiger partial charge in [0.1, 0.15) is 0 Å². The van der Waals surface area contributed by atoms with Gasteiger partial charge in [0.2, 0.25) is 0 Å². The van der Waals surface area contributed by atoms with E-state index in [1.54, 1.807) is 0 Å². The van der Waals surface area contributed by atoms with E-state index in [0.29, 0.717) is 0 Å². The van der Waals surface area contributed by atoms with Crippen LogP contribution in [0.15, 0.2) is 0 Å². The van der Waals surface area contributed by atoms with Crippen molar-refractivity contribution in [1.82, 2.24) is 0 Å². The Kier molecular flexibility index (Phi) is 3.94. The molecule has 0 aliphatic heterocycles. The van der Waals surface area contributed by atoms with Crippen LogP contribution < -0.4 is 0 Å². The molecule has 0 aromatic rings. The largest absolute Gasteiger partial charge is 0.541 e. The molecule has 0 aromatic carbocycles. The topological polar surface area (TPSA) is 68.5 Å². The van der Waals surface area contributed by atoms with Crippen LogP contribution in [-0.4, -0.2) is 32.2 Å². The zero-order chi connectivity index (χ0) is 9.83. The zero-order valence-electron chi connectivity index (χ0n) is 5.87. The highest BCUT2D eigenvalue weighted by Gasteiger charge is 2.38. The van der Waals surface area contributed by atoms with E-state index in [1.165, 1.54) is 0 Å². The molecule has 0 saturated heterocycles. The summed E-state index contributed by atoms with van der Waals surface area (Å²) in [7, 11) is -5.36. The number of aliphatic hydroxyl groups excluding tert-OH is 1. The second kappa shape index (κ2) is 4.06. The molecule has 0 bridgehead atoms. The van der Waals surface area contributed by atoms with Crippen molar-refractivity contribution in [2.45, 2.75) is 11.9 Å². The van der Waals surface area contributed by atoms with Crippen LogP contribution in [0.2, 0.25) is 0 Å². The van der Waals surface area contributed by atoms with Crippen LogP contribution >= 0.6 is 0 Å². The predicted octanol–water partition coefficient (Wildman–Crippen LogP) is 0.592. The Labute approximate surface area is 67.4 Å². The Hall–Kier alpha value is -0.340. The first-order valence-corrected chi connectivity index (χ1v) is 4.36. The van der Waals surface area contributed by atoms with Gasteiger partial charge >= 0.3 is 5.51 Å². The number of halogens is 3. The summed E-state index contributed by atoms with van der Waals surface area (Å²) in [6.45, 7) is -0.935. The number of hydrogen-bond acceptors (Lipinski definition) is 3. The van der Waals surface area contributed by atoms with Crippen LogP contribution in [0.1, 0.15) is 6.42 Å². The van der Waals surface area contributed by atoms with Crippen LogP contribution in [-0.2, 0) is 10.0 Å². The summed E-state index contributed by atoms with van der Waals surface area (Å²) in [6.07, 6.45) is -0.102. The molecule has 0 saturated carbocycles. The van der Waals surface area contributed by atoms with E-state index in [1.807, 2.05) is 0 Å². The van der Waals surface area contributed by atoms with Gasteiger partial charge in [-0.2, -0.15) is 13.2 Å². The molecule has 74 valence electrons. The molecule has 1 N–H and O–H groups in total.